The average Bonchev–Trinajstić information content (AvgIpc) is 1.93. The first kappa shape index (κ1) is 13.4. The number of benzene rings is 1. The van der Waals surface area contributed by atoms with E-state index in [0.29, 0.717) is 10.6 Å². The Morgan fingerprint density at radius 3 is 1.38 bits per heavy atom. The Morgan fingerprint density at radius 2 is 1.38 bits per heavy atom. The van der Waals surface area contributed by atoms with Gasteiger partial charge in [-0.15, -0.1) is 0 Å². The van der Waals surface area contributed by atoms with Crippen molar-refractivity contribution in [1.29, 1.82) is 0 Å². The smallest absolute Gasteiger partial charge is 0.0154 e. The van der Waals surface area contributed by atoms with Crippen LogP contribution in [0.15, 0.2) is 18.2 Å². The summed E-state index contributed by atoms with van der Waals surface area (Å²) in [5, 5.41) is 3.63. The topological polar surface area (TPSA) is 0 Å². The van der Waals surface area contributed by atoms with Gasteiger partial charge in [-0.2, -0.15) is 0 Å². The third-order valence-corrected chi connectivity index (χ3v) is 2.40. The zero-order chi connectivity index (χ0) is 12.6. The normalized spacial score (nSPS) is 12.9. The molecule has 0 N–H and O–H groups in total. The van der Waals surface area contributed by atoms with E-state index in [1.165, 1.54) is 16.0 Å². The largest absolute Gasteiger partial charge is 0.322 e. The van der Waals surface area contributed by atoms with Crippen LogP contribution in [0.3, 0.4) is 0 Å². The molecular formula is C15H24B-. The van der Waals surface area contributed by atoms with Gasteiger partial charge in [0.1, 0.15) is 0 Å². The molecule has 2 rings (SSSR count). The molecule has 0 nitrogen and oxygen atoms in total. The summed E-state index contributed by atoms with van der Waals surface area (Å²) in [5.41, 5.74) is 1.44. The van der Waals surface area contributed by atoms with E-state index in [0.717, 1.165) is 0 Å². The number of aryl methyl sites for hydroxylation is 1. The van der Waals surface area contributed by atoms with Gasteiger partial charge >= 0.3 is 0 Å². The number of rotatable bonds is 0. The summed E-state index contributed by atoms with van der Waals surface area (Å²) in [6.07, 6.45) is 0. The molecule has 0 saturated carbocycles. The third-order valence-electron chi connectivity index (χ3n) is 2.40. The van der Waals surface area contributed by atoms with Crippen LogP contribution < -0.4 is 0 Å². The monoisotopic (exact) mass is 215 g/mol. The zero-order valence-corrected chi connectivity index (χ0v) is 11.8. The van der Waals surface area contributed by atoms with E-state index >= 15 is 0 Å². The van der Waals surface area contributed by atoms with Gasteiger partial charge in [0.2, 0.25) is 0 Å². The van der Waals surface area contributed by atoms with Gasteiger partial charge in [0.15, 0.2) is 0 Å². The molecule has 1 heteroatoms. The molecule has 0 heterocycles. The highest BCUT2D eigenvalue weighted by Gasteiger charge is 2.04. The van der Waals surface area contributed by atoms with E-state index in [1.54, 1.807) is 0 Å². The van der Waals surface area contributed by atoms with Gasteiger partial charge in [0.05, 0.1) is 0 Å². The fourth-order valence-electron chi connectivity index (χ4n) is 2.28. The maximum atomic E-state index is 2.38. The lowest BCUT2D eigenvalue weighted by atomic mass is 9.42. The molecule has 0 amide bonds. The molecule has 0 aliphatic heterocycles. The van der Waals surface area contributed by atoms with Crippen LogP contribution in [0.1, 0.15) is 47.1 Å². The third kappa shape index (κ3) is 4.04. The molecule has 0 atom stereocenters. The molecule has 16 heavy (non-hydrogen) atoms. The lowest BCUT2D eigenvalue weighted by Crippen LogP contribution is -2.18. The Hall–Kier alpha value is -0.715. The first-order chi connectivity index (χ1) is 7.08. The van der Waals surface area contributed by atoms with Gasteiger partial charge in [-0.3, -0.25) is 0 Å². The van der Waals surface area contributed by atoms with Gasteiger partial charge in [0.25, 0.3) is 0 Å². The summed E-state index contributed by atoms with van der Waals surface area (Å²) in [6, 6.07) is 6.50. The second-order valence-corrected chi connectivity index (χ2v) is 6.91. The van der Waals surface area contributed by atoms with Crippen LogP contribution in [0.25, 0.3) is 0 Å². The summed E-state index contributed by atoms with van der Waals surface area (Å²) in [4.78, 5) is 0. The minimum absolute atomic E-state index is 0.359. The molecule has 0 spiro atoms. The predicted octanol–water partition coefficient (Wildman–Crippen LogP) is 4.72. The molecule has 0 aromatic heterocycles. The quantitative estimate of drug-likeness (QED) is 0.557. The van der Waals surface area contributed by atoms with Crippen molar-refractivity contribution in [2.75, 3.05) is 0 Å². The van der Waals surface area contributed by atoms with Crippen molar-refractivity contribution in [3.8, 4) is 0 Å². The summed E-state index contributed by atoms with van der Waals surface area (Å²) in [5.74, 6) is 0. The van der Waals surface area contributed by atoms with Crippen LogP contribution in [0, 0.1) is 17.4 Å². The summed E-state index contributed by atoms with van der Waals surface area (Å²) in [7, 11) is 2.38. The molecule has 0 unspecified atom stereocenters. The Morgan fingerprint density at radius 1 is 0.875 bits per heavy atom. The average molecular weight is 215 g/mol. The van der Waals surface area contributed by atoms with Gasteiger partial charge in [-0.1, -0.05) is 59.7 Å². The molecule has 0 aromatic carbocycles. The van der Waals surface area contributed by atoms with Crippen molar-refractivity contribution in [2.45, 2.75) is 59.1 Å². The van der Waals surface area contributed by atoms with Crippen LogP contribution in [0.2, 0.25) is 10.6 Å². The van der Waals surface area contributed by atoms with Crippen LogP contribution in [0.4, 0.5) is 0 Å². The summed E-state index contributed by atoms with van der Waals surface area (Å²) in [6.45, 7) is 15.5. The highest BCUT2D eigenvalue weighted by molar-refractivity contribution is 6.43. The Bertz CT molecular complexity index is 432. The second-order valence-electron chi connectivity index (χ2n) is 6.91. The van der Waals surface area contributed by atoms with E-state index < -0.39 is 0 Å². The first-order valence-electron chi connectivity index (χ1n) is 6.07. The highest BCUT2D eigenvalue weighted by atomic mass is 14.1. The molecule has 88 valence electrons. The van der Waals surface area contributed by atoms with Crippen molar-refractivity contribution >= 4 is 7.28 Å². The predicted molar refractivity (Wildman–Crippen MR) is 74.0 cm³/mol. The lowest BCUT2D eigenvalue weighted by molar-refractivity contribution is 0.668. The molecular weight excluding hydrogens is 191 g/mol. The van der Waals surface area contributed by atoms with Gasteiger partial charge in [-0.05, 0) is 22.9 Å². The van der Waals surface area contributed by atoms with Crippen LogP contribution >= 0.6 is 0 Å². The minimum atomic E-state index is 0.359. The van der Waals surface area contributed by atoms with E-state index in [1.807, 2.05) is 0 Å². The SMILES string of the molecule is CC(C)(C)[B-]C(C)(C)C.Cc1cc2ccc1=2. The van der Waals surface area contributed by atoms with Crippen molar-refractivity contribution in [3.63, 3.8) is 0 Å². The summed E-state index contributed by atoms with van der Waals surface area (Å²) >= 11 is 0. The van der Waals surface area contributed by atoms with Crippen LogP contribution in [-0.2, 0) is 0 Å². The number of hydrogen-bond donors (Lipinski definition) is 0. The molecule has 2 aliphatic carbocycles. The fourth-order valence-corrected chi connectivity index (χ4v) is 2.28. The van der Waals surface area contributed by atoms with Gasteiger partial charge in [0, 0.05) is 0 Å². The summed E-state index contributed by atoms with van der Waals surface area (Å²) < 4.78 is 0. The molecule has 2 radical (unpaired) electrons. The Labute approximate surface area is 101 Å². The first-order valence-corrected chi connectivity index (χ1v) is 6.07. The van der Waals surface area contributed by atoms with Crippen molar-refractivity contribution < 1.29 is 0 Å². The fraction of sp³-hybridized carbons (Fsp3) is 0.600. The Kier molecular flexibility index (Phi) is 3.57. The van der Waals surface area contributed by atoms with E-state index in [4.69, 9.17) is 0 Å². The molecule has 0 bridgehead atoms. The lowest BCUT2D eigenvalue weighted by Gasteiger charge is -2.44. The van der Waals surface area contributed by atoms with Gasteiger partial charge < -0.3 is 7.28 Å². The van der Waals surface area contributed by atoms with Crippen molar-refractivity contribution in [2.24, 2.45) is 0 Å². The second kappa shape index (κ2) is 4.27. The molecule has 2 aliphatic rings. The highest BCUT2D eigenvalue weighted by Crippen LogP contribution is 2.33. The molecule has 0 fully saturated rings. The van der Waals surface area contributed by atoms with E-state index in [2.05, 4.69) is 73.9 Å². The molecule has 0 aromatic rings. The van der Waals surface area contributed by atoms with E-state index in [9.17, 15) is 0 Å². The maximum Gasteiger partial charge on any atom is -0.0154 e. The van der Waals surface area contributed by atoms with E-state index in [-0.39, 0.29) is 0 Å². The Balaban J connectivity index is 0.000000163. The van der Waals surface area contributed by atoms with Crippen LogP contribution in [-0.4, -0.2) is 7.28 Å². The standard InChI is InChI=1S/C8H18B.C7H6/c1-7(2,3)9-8(4,5)6;1-5-4-6-2-3-7(5)6/h1-6H3;2-4H,1H3/q-1;. The molecule has 0 saturated heterocycles. The minimum Gasteiger partial charge on any atom is -0.322 e. The number of hydrogen-bond acceptors (Lipinski definition) is 0. The van der Waals surface area contributed by atoms with Crippen molar-refractivity contribution in [3.05, 3.63) is 34.2 Å². The van der Waals surface area contributed by atoms with Crippen molar-refractivity contribution in [1.82, 2.24) is 0 Å². The maximum absolute atomic E-state index is 2.38. The van der Waals surface area contributed by atoms with Crippen LogP contribution in [0.5, 0.6) is 0 Å². The van der Waals surface area contributed by atoms with Gasteiger partial charge in [-0.25, -0.2) is 10.6 Å². The zero-order valence-electron chi connectivity index (χ0n) is 11.8.